The molecule has 136 valence electrons. The van der Waals surface area contributed by atoms with Crippen molar-refractivity contribution >= 4 is 22.4 Å². The van der Waals surface area contributed by atoms with Gasteiger partial charge in [0.1, 0.15) is 5.60 Å². The molecule has 0 bridgehead atoms. The van der Waals surface area contributed by atoms with Gasteiger partial charge in [-0.2, -0.15) is 0 Å². The predicted octanol–water partition coefficient (Wildman–Crippen LogP) is 6.10. The van der Waals surface area contributed by atoms with Crippen LogP contribution >= 0.6 is 0 Å². The first-order valence-corrected chi connectivity index (χ1v) is 9.33. The second-order valence-electron chi connectivity index (χ2n) is 7.63. The number of hydrogen-bond donors (Lipinski definition) is 1. The van der Waals surface area contributed by atoms with Crippen molar-refractivity contribution in [1.29, 1.82) is 0 Å². The van der Waals surface area contributed by atoms with Crippen LogP contribution in [0.5, 0.6) is 0 Å². The molecule has 0 spiro atoms. The Hall–Kier alpha value is -2.03. The van der Waals surface area contributed by atoms with Crippen molar-refractivity contribution in [3.63, 3.8) is 0 Å². The van der Waals surface area contributed by atoms with Crippen LogP contribution in [0.25, 0.3) is 10.8 Å². The third-order valence-electron chi connectivity index (χ3n) is 4.26. The lowest BCUT2D eigenvalue weighted by molar-refractivity contribution is 0.00690. The molecule has 0 unspecified atom stereocenters. The van der Waals surface area contributed by atoms with E-state index in [1.165, 1.54) is 19.3 Å². The van der Waals surface area contributed by atoms with Crippen LogP contribution in [0.4, 0.5) is 5.69 Å². The van der Waals surface area contributed by atoms with Gasteiger partial charge in [-0.1, -0.05) is 50.5 Å². The molecule has 0 aliphatic rings. The quantitative estimate of drug-likeness (QED) is 0.489. The van der Waals surface area contributed by atoms with E-state index < -0.39 is 5.60 Å². The minimum absolute atomic E-state index is 0.259. The van der Waals surface area contributed by atoms with Crippen LogP contribution in [0.1, 0.15) is 69.3 Å². The van der Waals surface area contributed by atoms with E-state index in [0.717, 1.165) is 35.0 Å². The predicted molar refractivity (Wildman–Crippen MR) is 106 cm³/mol. The molecule has 3 heteroatoms. The van der Waals surface area contributed by atoms with Gasteiger partial charge in [-0.15, -0.1) is 0 Å². The number of anilines is 1. The molecule has 0 aromatic heterocycles. The number of carbonyl (C=O) groups excluding carboxylic acids is 1. The lowest BCUT2D eigenvalue weighted by atomic mass is 9.98. The van der Waals surface area contributed by atoms with Crippen molar-refractivity contribution in [3.8, 4) is 0 Å². The fourth-order valence-electron chi connectivity index (χ4n) is 2.99. The summed E-state index contributed by atoms with van der Waals surface area (Å²) in [4.78, 5) is 12.6. The standard InChI is InChI=1S/C22H31NO2/c1-6-7-8-11-14-23-20-16(2)19(21(24)25-22(3,4)5)15-17-12-9-10-13-18(17)20/h9-10,12-13,15,23H,6-8,11,14H2,1-5H3. The maximum atomic E-state index is 12.6. The second-order valence-corrected chi connectivity index (χ2v) is 7.63. The Labute approximate surface area is 151 Å². The van der Waals surface area contributed by atoms with Crippen LogP contribution in [0.15, 0.2) is 30.3 Å². The van der Waals surface area contributed by atoms with Gasteiger partial charge in [0.05, 0.1) is 5.56 Å². The molecule has 1 N–H and O–H groups in total. The normalized spacial score (nSPS) is 11.6. The van der Waals surface area contributed by atoms with E-state index in [9.17, 15) is 4.79 Å². The van der Waals surface area contributed by atoms with Crippen molar-refractivity contribution in [2.24, 2.45) is 0 Å². The molecule has 0 aliphatic heterocycles. The monoisotopic (exact) mass is 341 g/mol. The van der Waals surface area contributed by atoms with E-state index in [1.807, 2.05) is 52.0 Å². The summed E-state index contributed by atoms with van der Waals surface area (Å²) in [6, 6.07) is 10.1. The number of esters is 1. The van der Waals surface area contributed by atoms with Crippen molar-refractivity contribution in [3.05, 3.63) is 41.5 Å². The molecule has 0 saturated heterocycles. The maximum Gasteiger partial charge on any atom is 0.339 e. The molecular formula is C22H31NO2. The molecule has 0 atom stereocenters. The van der Waals surface area contributed by atoms with E-state index >= 15 is 0 Å². The highest BCUT2D eigenvalue weighted by molar-refractivity contribution is 6.04. The highest BCUT2D eigenvalue weighted by Gasteiger charge is 2.21. The smallest absolute Gasteiger partial charge is 0.339 e. The first-order chi connectivity index (χ1) is 11.8. The number of carbonyl (C=O) groups is 1. The van der Waals surface area contributed by atoms with Gasteiger partial charge in [0.25, 0.3) is 0 Å². The number of benzene rings is 2. The van der Waals surface area contributed by atoms with Crippen molar-refractivity contribution in [2.45, 2.75) is 65.9 Å². The summed E-state index contributed by atoms with van der Waals surface area (Å²) in [7, 11) is 0. The molecular weight excluding hydrogens is 310 g/mol. The minimum atomic E-state index is -0.497. The zero-order chi connectivity index (χ0) is 18.4. The van der Waals surface area contributed by atoms with E-state index in [4.69, 9.17) is 4.74 Å². The zero-order valence-corrected chi connectivity index (χ0v) is 16.2. The summed E-state index contributed by atoms with van der Waals surface area (Å²) < 4.78 is 5.60. The third-order valence-corrected chi connectivity index (χ3v) is 4.26. The minimum Gasteiger partial charge on any atom is -0.456 e. The molecule has 2 aromatic rings. The molecule has 25 heavy (non-hydrogen) atoms. The van der Waals surface area contributed by atoms with Crippen LogP contribution in [0.2, 0.25) is 0 Å². The maximum absolute atomic E-state index is 12.6. The highest BCUT2D eigenvalue weighted by atomic mass is 16.6. The average Bonchev–Trinajstić information content (AvgIpc) is 2.54. The summed E-state index contributed by atoms with van der Waals surface area (Å²) in [6.07, 6.45) is 4.86. The molecule has 0 heterocycles. The lowest BCUT2D eigenvalue weighted by Crippen LogP contribution is -2.24. The largest absolute Gasteiger partial charge is 0.456 e. The molecule has 2 rings (SSSR count). The Morgan fingerprint density at radius 1 is 1.12 bits per heavy atom. The number of rotatable bonds is 7. The van der Waals surface area contributed by atoms with Gasteiger partial charge in [-0.05, 0) is 51.1 Å². The van der Waals surface area contributed by atoms with Crippen molar-refractivity contribution in [1.82, 2.24) is 0 Å². The van der Waals surface area contributed by atoms with E-state index in [2.05, 4.69) is 18.3 Å². The summed E-state index contributed by atoms with van der Waals surface area (Å²) in [6.45, 7) is 10.8. The Morgan fingerprint density at radius 2 is 1.84 bits per heavy atom. The number of hydrogen-bond acceptors (Lipinski definition) is 3. The fraction of sp³-hybridized carbons (Fsp3) is 0.500. The summed E-state index contributed by atoms with van der Waals surface area (Å²) in [5, 5.41) is 5.78. The fourth-order valence-corrected chi connectivity index (χ4v) is 2.99. The molecule has 0 fully saturated rings. The van der Waals surface area contributed by atoms with Crippen LogP contribution in [0.3, 0.4) is 0 Å². The summed E-state index contributed by atoms with van der Waals surface area (Å²) in [5.74, 6) is -0.259. The number of fused-ring (bicyclic) bond motifs is 1. The van der Waals surface area contributed by atoms with E-state index in [1.54, 1.807) is 0 Å². The van der Waals surface area contributed by atoms with Crippen LogP contribution < -0.4 is 5.32 Å². The molecule has 0 aliphatic carbocycles. The third kappa shape index (κ3) is 5.22. The van der Waals surface area contributed by atoms with Gasteiger partial charge >= 0.3 is 5.97 Å². The first-order valence-electron chi connectivity index (χ1n) is 9.33. The lowest BCUT2D eigenvalue weighted by Gasteiger charge is -2.22. The van der Waals surface area contributed by atoms with Crippen LogP contribution in [0, 0.1) is 6.92 Å². The van der Waals surface area contributed by atoms with Gasteiger partial charge in [-0.25, -0.2) is 4.79 Å². The van der Waals surface area contributed by atoms with Crippen molar-refractivity contribution in [2.75, 3.05) is 11.9 Å². The van der Waals surface area contributed by atoms with Crippen LogP contribution in [-0.4, -0.2) is 18.1 Å². The van der Waals surface area contributed by atoms with Crippen molar-refractivity contribution < 1.29 is 9.53 Å². The Bertz CT molecular complexity index is 729. The Morgan fingerprint density at radius 3 is 2.52 bits per heavy atom. The summed E-state index contributed by atoms with van der Waals surface area (Å²) >= 11 is 0. The average molecular weight is 341 g/mol. The topological polar surface area (TPSA) is 38.3 Å². The Kier molecular flexibility index (Phi) is 6.46. The van der Waals surface area contributed by atoms with Gasteiger partial charge in [0.15, 0.2) is 0 Å². The molecule has 3 nitrogen and oxygen atoms in total. The van der Waals surface area contributed by atoms with Gasteiger partial charge < -0.3 is 10.1 Å². The number of ether oxygens (including phenoxy) is 1. The second kappa shape index (κ2) is 8.37. The number of unbranched alkanes of at least 4 members (excludes halogenated alkanes) is 3. The van der Waals surface area contributed by atoms with E-state index in [0.29, 0.717) is 5.56 Å². The van der Waals surface area contributed by atoms with Gasteiger partial charge in [-0.3, -0.25) is 0 Å². The van der Waals surface area contributed by atoms with Gasteiger partial charge in [0, 0.05) is 17.6 Å². The Balaban J connectivity index is 2.34. The summed E-state index contributed by atoms with van der Waals surface area (Å²) in [5.41, 5.74) is 2.16. The van der Waals surface area contributed by atoms with Gasteiger partial charge in [0.2, 0.25) is 0 Å². The molecule has 0 saturated carbocycles. The van der Waals surface area contributed by atoms with Crippen LogP contribution in [-0.2, 0) is 4.74 Å². The zero-order valence-electron chi connectivity index (χ0n) is 16.2. The molecule has 2 aromatic carbocycles. The highest BCUT2D eigenvalue weighted by Crippen LogP contribution is 2.31. The molecule has 0 amide bonds. The first kappa shape index (κ1) is 19.3. The van der Waals surface area contributed by atoms with E-state index in [-0.39, 0.29) is 5.97 Å². The number of nitrogens with one attached hydrogen (secondary N) is 1. The SMILES string of the molecule is CCCCCCNc1c(C)c(C(=O)OC(C)(C)C)cc2ccccc12. The molecule has 0 radical (unpaired) electrons.